The maximum absolute atomic E-state index is 13.3. The van der Waals surface area contributed by atoms with Gasteiger partial charge in [-0.25, -0.2) is 8.78 Å². The molecule has 3 atom stereocenters. The predicted molar refractivity (Wildman–Crippen MR) is 120 cm³/mol. The molecule has 3 unspecified atom stereocenters. The number of hydrogen-bond donors (Lipinski definition) is 2. The fourth-order valence-corrected chi connectivity index (χ4v) is 3.77. The summed E-state index contributed by atoms with van der Waals surface area (Å²) in [4.78, 5) is 18.8. The van der Waals surface area contributed by atoms with E-state index in [1.807, 2.05) is 13.8 Å². The maximum Gasteiger partial charge on any atom is 0.222 e. The first-order valence-electron chi connectivity index (χ1n) is 10.8. The average molecular weight is 445 g/mol. The molecule has 1 aliphatic rings. The first-order valence-corrected chi connectivity index (χ1v) is 10.8. The molecular formula is C24H30F2N4O2. The van der Waals surface area contributed by atoms with Gasteiger partial charge in [0, 0.05) is 13.1 Å². The van der Waals surface area contributed by atoms with Crippen molar-refractivity contribution in [3.63, 3.8) is 0 Å². The van der Waals surface area contributed by atoms with E-state index in [4.69, 9.17) is 15.5 Å². The Kier molecular flexibility index (Phi) is 8.16. The van der Waals surface area contributed by atoms with Crippen LogP contribution in [0.2, 0.25) is 0 Å². The fraction of sp³-hybridized carbons (Fsp3) is 0.417. The zero-order valence-electron chi connectivity index (χ0n) is 18.4. The van der Waals surface area contributed by atoms with Crippen LogP contribution in [0.15, 0.2) is 53.5 Å². The van der Waals surface area contributed by atoms with Crippen LogP contribution in [0.4, 0.5) is 8.78 Å². The summed E-state index contributed by atoms with van der Waals surface area (Å²) in [6.45, 7) is 5.99. The third-order valence-electron chi connectivity index (χ3n) is 5.40. The third-order valence-corrected chi connectivity index (χ3v) is 5.40. The Morgan fingerprint density at radius 1 is 1.16 bits per heavy atom. The summed E-state index contributed by atoms with van der Waals surface area (Å²) in [5.41, 5.74) is 7.34. The van der Waals surface area contributed by atoms with E-state index in [9.17, 15) is 13.6 Å². The summed E-state index contributed by atoms with van der Waals surface area (Å²) in [6.07, 6.45) is 0.0964. The highest BCUT2D eigenvalue weighted by atomic mass is 19.1. The molecule has 6 nitrogen and oxygen atoms in total. The number of hydrogen-bond acceptors (Lipinski definition) is 3. The summed E-state index contributed by atoms with van der Waals surface area (Å²) in [6, 6.07) is 12.3. The van der Waals surface area contributed by atoms with Crippen LogP contribution in [0.3, 0.4) is 0 Å². The summed E-state index contributed by atoms with van der Waals surface area (Å²) < 4.78 is 32.6. The Morgan fingerprint density at radius 2 is 1.78 bits per heavy atom. The lowest BCUT2D eigenvalue weighted by Gasteiger charge is -2.39. The zero-order chi connectivity index (χ0) is 23.1. The van der Waals surface area contributed by atoms with Crippen LogP contribution >= 0.6 is 0 Å². The Balaban J connectivity index is 1.74. The van der Waals surface area contributed by atoms with Gasteiger partial charge in [-0.1, -0.05) is 24.3 Å². The molecule has 32 heavy (non-hydrogen) atoms. The smallest absolute Gasteiger partial charge is 0.222 e. The van der Waals surface area contributed by atoms with Gasteiger partial charge in [-0.15, -0.1) is 0 Å². The van der Waals surface area contributed by atoms with Gasteiger partial charge in [0.25, 0.3) is 0 Å². The van der Waals surface area contributed by atoms with Crippen LogP contribution in [0.25, 0.3) is 0 Å². The number of carbonyl (C=O) groups excluding carboxylic acids is 1. The number of nitrogens with zero attached hydrogens (tertiary/aromatic N) is 2. The first kappa shape index (κ1) is 23.7. The van der Waals surface area contributed by atoms with Gasteiger partial charge in [-0.3, -0.25) is 9.79 Å². The molecule has 0 aromatic heterocycles. The number of carbonyl (C=O) groups is 1. The largest absolute Gasteiger partial charge is 0.369 e. The van der Waals surface area contributed by atoms with Crippen molar-refractivity contribution in [3.8, 4) is 0 Å². The highest BCUT2D eigenvalue weighted by molar-refractivity contribution is 5.81. The number of nitrogens with one attached hydrogen (secondary N) is 1. The molecule has 2 aromatic rings. The molecule has 1 saturated heterocycles. The van der Waals surface area contributed by atoms with Crippen molar-refractivity contribution in [2.24, 2.45) is 16.6 Å². The monoisotopic (exact) mass is 444 g/mol. The Labute approximate surface area is 187 Å². The lowest BCUT2D eigenvalue weighted by atomic mass is 9.99. The molecule has 2 aromatic carbocycles. The number of rotatable bonds is 7. The number of aliphatic imine (C=N–C) groups is 1. The van der Waals surface area contributed by atoms with Gasteiger partial charge in [0.15, 0.2) is 5.96 Å². The Hall–Kier alpha value is -3.00. The zero-order valence-corrected chi connectivity index (χ0v) is 18.4. The molecule has 1 fully saturated rings. The van der Waals surface area contributed by atoms with Crippen LogP contribution in [0.1, 0.15) is 31.1 Å². The second kappa shape index (κ2) is 11.0. The summed E-state index contributed by atoms with van der Waals surface area (Å²) in [5, 5.41) is 3.28. The fourth-order valence-electron chi connectivity index (χ4n) is 3.77. The number of halogens is 2. The van der Waals surface area contributed by atoms with Gasteiger partial charge in [0.2, 0.25) is 5.91 Å². The van der Waals surface area contributed by atoms with Crippen molar-refractivity contribution in [3.05, 3.63) is 71.3 Å². The predicted octanol–water partition coefficient (Wildman–Crippen LogP) is 3.04. The second-order valence-electron chi connectivity index (χ2n) is 8.02. The van der Waals surface area contributed by atoms with Crippen molar-refractivity contribution in [1.29, 1.82) is 0 Å². The molecule has 8 heteroatoms. The lowest BCUT2D eigenvalue weighted by molar-refractivity contribution is -0.121. The molecule has 3 rings (SSSR count). The number of ether oxygens (including phenoxy) is 1. The highest BCUT2D eigenvalue weighted by Gasteiger charge is 2.29. The second-order valence-corrected chi connectivity index (χ2v) is 8.02. The number of nitrogens with two attached hydrogens (primary N) is 1. The first-order chi connectivity index (χ1) is 15.4. The lowest BCUT2D eigenvalue weighted by Crippen LogP contribution is -2.51. The van der Waals surface area contributed by atoms with Crippen LogP contribution in [0, 0.1) is 17.6 Å². The van der Waals surface area contributed by atoms with Crippen molar-refractivity contribution in [1.82, 2.24) is 10.2 Å². The molecular weight excluding hydrogens is 414 g/mol. The number of primary amides is 1. The van der Waals surface area contributed by atoms with Crippen molar-refractivity contribution in [2.75, 3.05) is 26.2 Å². The van der Waals surface area contributed by atoms with Gasteiger partial charge < -0.3 is 20.7 Å². The molecule has 0 bridgehead atoms. The molecule has 0 radical (unpaired) electrons. The molecule has 0 aliphatic carbocycles. The van der Waals surface area contributed by atoms with Gasteiger partial charge in [-0.2, -0.15) is 0 Å². The van der Waals surface area contributed by atoms with E-state index in [1.54, 1.807) is 24.3 Å². The third kappa shape index (κ3) is 6.50. The van der Waals surface area contributed by atoms with E-state index in [1.165, 1.54) is 24.3 Å². The molecule has 0 spiro atoms. The molecule has 0 saturated carbocycles. The van der Waals surface area contributed by atoms with Crippen molar-refractivity contribution < 1.29 is 18.3 Å². The van der Waals surface area contributed by atoms with E-state index in [2.05, 4.69) is 10.2 Å². The summed E-state index contributed by atoms with van der Waals surface area (Å²) in [7, 11) is 0. The maximum atomic E-state index is 13.3. The van der Waals surface area contributed by atoms with E-state index in [0.717, 1.165) is 11.1 Å². The topological polar surface area (TPSA) is 79.9 Å². The molecule has 1 amide bonds. The van der Waals surface area contributed by atoms with Crippen LogP contribution in [-0.2, 0) is 16.0 Å². The van der Waals surface area contributed by atoms with E-state index in [0.29, 0.717) is 32.0 Å². The van der Waals surface area contributed by atoms with E-state index < -0.39 is 11.8 Å². The van der Waals surface area contributed by atoms with Crippen LogP contribution in [0.5, 0.6) is 0 Å². The number of amides is 1. The van der Waals surface area contributed by atoms with E-state index >= 15 is 0 Å². The van der Waals surface area contributed by atoms with Gasteiger partial charge in [0.1, 0.15) is 17.7 Å². The minimum atomic E-state index is -0.513. The molecule has 172 valence electrons. The summed E-state index contributed by atoms with van der Waals surface area (Å²) >= 11 is 0. The summed E-state index contributed by atoms with van der Waals surface area (Å²) in [5.74, 6) is -0.911. The van der Waals surface area contributed by atoms with Crippen LogP contribution in [-0.4, -0.2) is 49.0 Å². The highest BCUT2D eigenvalue weighted by Crippen LogP contribution is 2.25. The quantitative estimate of drug-likeness (QED) is 0.508. The number of guanidine groups is 1. The minimum Gasteiger partial charge on any atom is -0.369 e. The van der Waals surface area contributed by atoms with Gasteiger partial charge >= 0.3 is 0 Å². The van der Waals surface area contributed by atoms with Gasteiger partial charge in [0.05, 0.1) is 25.1 Å². The van der Waals surface area contributed by atoms with Crippen molar-refractivity contribution in [2.45, 2.75) is 32.5 Å². The van der Waals surface area contributed by atoms with Crippen LogP contribution < -0.4 is 11.1 Å². The Bertz CT molecular complexity index is 919. The SMILES string of the molecule is CCNC(=NCC(Cc1ccc(F)cc1)C(N)=O)N1CC(C)OC(c2ccc(F)cc2)C1. The average Bonchev–Trinajstić information content (AvgIpc) is 2.77. The number of benzene rings is 2. The molecule has 1 heterocycles. The minimum absolute atomic E-state index is 0.0613. The number of morpholine rings is 1. The Morgan fingerprint density at radius 3 is 2.38 bits per heavy atom. The van der Waals surface area contributed by atoms with E-state index in [-0.39, 0.29) is 30.4 Å². The standard InChI is InChI=1S/C24H30F2N4O2/c1-3-28-24(29-13-19(23(27)31)12-17-4-8-20(25)9-5-17)30-14-16(2)32-22(15-30)18-6-10-21(26)11-7-18/h4-11,16,19,22H,3,12-15H2,1-2H3,(H2,27,31)(H,28,29). The molecule has 3 N–H and O–H groups in total. The van der Waals surface area contributed by atoms with Crippen molar-refractivity contribution >= 4 is 11.9 Å². The van der Waals surface area contributed by atoms with Gasteiger partial charge in [-0.05, 0) is 55.7 Å². The normalized spacial score (nSPS) is 20.1. The molecule has 1 aliphatic heterocycles.